The molecular weight excluding hydrogens is 222 g/mol. The Morgan fingerprint density at radius 1 is 1.33 bits per heavy atom. The van der Waals surface area contributed by atoms with Gasteiger partial charge in [0.15, 0.2) is 0 Å². The molecule has 0 radical (unpaired) electrons. The van der Waals surface area contributed by atoms with Gasteiger partial charge in [-0.2, -0.15) is 0 Å². The molecule has 1 heterocycles. The molecule has 0 amide bonds. The number of aromatic nitrogens is 1. The Morgan fingerprint density at radius 3 is 2.78 bits per heavy atom. The van der Waals surface area contributed by atoms with Crippen molar-refractivity contribution in [2.75, 3.05) is 25.0 Å². The predicted molar refractivity (Wildman–Crippen MR) is 79.0 cm³/mol. The molecule has 2 aromatic rings. The number of benzene rings is 1. The summed E-state index contributed by atoms with van der Waals surface area (Å²) in [6.45, 7) is 4.07. The minimum absolute atomic E-state index is 0.624. The van der Waals surface area contributed by atoms with E-state index in [0.29, 0.717) is 5.92 Å². The Kier molecular flexibility index (Phi) is 3.92. The fourth-order valence-electron chi connectivity index (χ4n) is 2.57. The van der Waals surface area contributed by atoms with Crippen molar-refractivity contribution in [3.63, 3.8) is 0 Å². The highest BCUT2D eigenvalue weighted by Crippen LogP contribution is 2.28. The van der Waals surface area contributed by atoms with Crippen LogP contribution in [-0.2, 0) is 7.05 Å². The molecule has 0 saturated heterocycles. The molecule has 18 heavy (non-hydrogen) atoms. The van der Waals surface area contributed by atoms with Crippen LogP contribution < -0.4 is 10.6 Å². The van der Waals surface area contributed by atoms with Gasteiger partial charge in [-0.15, -0.1) is 0 Å². The zero-order valence-electron chi connectivity index (χ0n) is 11.6. The quantitative estimate of drug-likeness (QED) is 0.878. The van der Waals surface area contributed by atoms with Crippen molar-refractivity contribution in [2.45, 2.75) is 13.3 Å². The minimum atomic E-state index is 0.624. The molecule has 98 valence electrons. The fourth-order valence-corrected chi connectivity index (χ4v) is 2.57. The van der Waals surface area contributed by atoms with Crippen LogP contribution in [0.4, 0.5) is 5.69 Å². The maximum Gasteiger partial charge on any atom is 0.0623 e. The lowest BCUT2D eigenvalue weighted by molar-refractivity contribution is 0.540. The van der Waals surface area contributed by atoms with Crippen LogP contribution in [0.1, 0.15) is 13.3 Å². The lowest BCUT2D eigenvalue weighted by Crippen LogP contribution is -2.25. The van der Waals surface area contributed by atoms with E-state index in [0.717, 1.165) is 19.5 Å². The van der Waals surface area contributed by atoms with Crippen molar-refractivity contribution < 1.29 is 0 Å². The van der Waals surface area contributed by atoms with Crippen molar-refractivity contribution in [1.82, 2.24) is 4.57 Å². The number of para-hydroxylation sites is 1. The molecule has 1 aromatic carbocycles. The van der Waals surface area contributed by atoms with Crippen molar-refractivity contribution in [3.05, 3.63) is 30.5 Å². The zero-order chi connectivity index (χ0) is 13.1. The number of aryl methyl sites for hydroxylation is 1. The van der Waals surface area contributed by atoms with Crippen molar-refractivity contribution >= 4 is 16.6 Å². The molecule has 1 aromatic heterocycles. The van der Waals surface area contributed by atoms with Crippen LogP contribution in [0.5, 0.6) is 0 Å². The van der Waals surface area contributed by atoms with E-state index in [2.05, 4.69) is 60.9 Å². The summed E-state index contributed by atoms with van der Waals surface area (Å²) in [5.41, 5.74) is 8.20. The van der Waals surface area contributed by atoms with Crippen LogP contribution in [0.15, 0.2) is 30.5 Å². The third kappa shape index (κ3) is 2.51. The first-order valence-electron chi connectivity index (χ1n) is 6.58. The number of fused-ring (bicyclic) bond motifs is 1. The summed E-state index contributed by atoms with van der Waals surface area (Å²) in [7, 11) is 4.26. The maximum absolute atomic E-state index is 5.62. The van der Waals surface area contributed by atoms with Crippen LogP contribution in [0, 0.1) is 5.92 Å². The molecule has 1 unspecified atom stereocenters. The fraction of sp³-hybridized carbons (Fsp3) is 0.467. The van der Waals surface area contributed by atoms with Crippen molar-refractivity contribution in [3.8, 4) is 0 Å². The van der Waals surface area contributed by atoms with Gasteiger partial charge in [-0.1, -0.05) is 25.1 Å². The van der Waals surface area contributed by atoms with Crippen LogP contribution in [0.3, 0.4) is 0 Å². The van der Waals surface area contributed by atoms with Crippen LogP contribution in [0.2, 0.25) is 0 Å². The first kappa shape index (κ1) is 13.0. The highest BCUT2D eigenvalue weighted by atomic mass is 15.1. The van der Waals surface area contributed by atoms with Gasteiger partial charge in [0, 0.05) is 37.7 Å². The molecule has 2 N–H and O–H groups in total. The Labute approximate surface area is 109 Å². The highest BCUT2D eigenvalue weighted by molar-refractivity contribution is 5.93. The van der Waals surface area contributed by atoms with Gasteiger partial charge in [-0.3, -0.25) is 0 Å². The first-order valence-corrected chi connectivity index (χ1v) is 6.58. The van der Waals surface area contributed by atoms with Gasteiger partial charge in [0.2, 0.25) is 0 Å². The first-order chi connectivity index (χ1) is 8.63. The monoisotopic (exact) mass is 245 g/mol. The van der Waals surface area contributed by atoms with Gasteiger partial charge in [0.05, 0.1) is 5.69 Å². The van der Waals surface area contributed by atoms with Gasteiger partial charge in [-0.25, -0.2) is 0 Å². The average Bonchev–Trinajstić information content (AvgIpc) is 2.68. The summed E-state index contributed by atoms with van der Waals surface area (Å²) in [6, 6.07) is 8.54. The summed E-state index contributed by atoms with van der Waals surface area (Å²) < 4.78 is 2.19. The summed E-state index contributed by atoms with van der Waals surface area (Å²) in [6.07, 6.45) is 3.29. The maximum atomic E-state index is 5.62. The van der Waals surface area contributed by atoms with E-state index in [9.17, 15) is 0 Å². The second-order valence-electron chi connectivity index (χ2n) is 5.21. The van der Waals surface area contributed by atoms with Gasteiger partial charge in [0.1, 0.15) is 0 Å². The van der Waals surface area contributed by atoms with E-state index in [1.807, 2.05) is 0 Å². The molecule has 0 aliphatic heterocycles. The van der Waals surface area contributed by atoms with Gasteiger partial charge < -0.3 is 15.2 Å². The minimum Gasteiger partial charge on any atom is -0.373 e. The van der Waals surface area contributed by atoms with E-state index in [-0.39, 0.29) is 0 Å². The standard InChI is InChI=1S/C15H23N3/c1-12(8-9-16)10-17(2)15-11-18(3)14-7-5-4-6-13(14)15/h4-7,11-12H,8-10,16H2,1-3H3. The molecule has 3 nitrogen and oxygen atoms in total. The second-order valence-corrected chi connectivity index (χ2v) is 5.21. The van der Waals surface area contributed by atoms with Gasteiger partial charge in [0.25, 0.3) is 0 Å². The third-order valence-electron chi connectivity index (χ3n) is 3.53. The molecule has 1 atom stereocenters. The molecule has 0 saturated carbocycles. The molecular formula is C15H23N3. The molecule has 0 aliphatic carbocycles. The van der Waals surface area contributed by atoms with E-state index in [1.54, 1.807) is 0 Å². The normalized spacial score (nSPS) is 12.9. The van der Waals surface area contributed by atoms with Crippen molar-refractivity contribution in [2.24, 2.45) is 18.7 Å². The van der Waals surface area contributed by atoms with Gasteiger partial charge in [-0.05, 0) is 24.9 Å². The molecule has 0 spiro atoms. The Bertz CT molecular complexity index is 515. The summed E-state index contributed by atoms with van der Waals surface area (Å²) >= 11 is 0. The van der Waals surface area contributed by atoms with Crippen molar-refractivity contribution in [1.29, 1.82) is 0 Å². The zero-order valence-corrected chi connectivity index (χ0v) is 11.6. The molecule has 0 bridgehead atoms. The van der Waals surface area contributed by atoms with Gasteiger partial charge >= 0.3 is 0 Å². The SMILES string of the molecule is CC(CCN)CN(C)c1cn(C)c2ccccc12. The van der Waals surface area contributed by atoms with Crippen LogP contribution >= 0.6 is 0 Å². The lowest BCUT2D eigenvalue weighted by Gasteiger charge is -2.22. The Balaban J connectivity index is 2.25. The summed E-state index contributed by atoms with van der Waals surface area (Å²) in [5.74, 6) is 0.624. The Morgan fingerprint density at radius 2 is 2.06 bits per heavy atom. The number of nitrogens with two attached hydrogens (primary N) is 1. The third-order valence-corrected chi connectivity index (χ3v) is 3.53. The number of nitrogens with zero attached hydrogens (tertiary/aromatic N) is 2. The van der Waals surface area contributed by atoms with E-state index in [4.69, 9.17) is 5.73 Å². The summed E-state index contributed by atoms with van der Waals surface area (Å²) in [5, 5.41) is 1.32. The highest BCUT2D eigenvalue weighted by Gasteiger charge is 2.12. The number of hydrogen-bond acceptors (Lipinski definition) is 2. The van der Waals surface area contributed by atoms with E-state index < -0.39 is 0 Å². The van der Waals surface area contributed by atoms with E-state index >= 15 is 0 Å². The Hall–Kier alpha value is -1.48. The molecule has 0 aliphatic rings. The molecule has 3 heteroatoms. The smallest absolute Gasteiger partial charge is 0.0623 e. The topological polar surface area (TPSA) is 34.2 Å². The molecule has 2 rings (SSSR count). The predicted octanol–water partition coefficient (Wildman–Crippen LogP) is 2.60. The number of anilines is 1. The largest absolute Gasteiger partial charge is 0.373 e. The van der Waals surface area contributed by atoms with Crippen LogP contribution in [-0.4, -0.2) is 24.7 Å². The number of hydrogen-bond donors (Lipinski definition) is 1. The van der Waals surface area contributed by atoms with Crippen LogP contribution in [0.25, 0.3) is 10.9 Å². The average molecular weight is 245 g/mol. The molecule has 0 fully saturated rings. The number of rotatable bonds is 5. The lowest BCUT2D eigenvalue weighted by atomic mass is 10.1. The second kappa shape index (κ2) is 5.44. The summed E-state index contributed by atoms with van der Waals surface area (Å²) in [4.78, 5) is 2.34. The van der Waals surface area contributed by atoms with E-state index in [1.165, 1.54) is 16.6 Å².